The van der Waals surface area contributed by atoms with Crippen LogP contribution in [0.1, 0.15) is 0 Å². The van der Waals surface area contributed by atoms with Gasteiger partial charge in [-0.15, -0.1) is 0 Å². The van der Waals surface area contributed by atoms with Crippen LogP contribution < -0.4 is 0 Å². The fourth-order valence-electron chi connectivity index (χ4n) is 7.11. The molecular weight excluding hydrogens is 613 g/mol. The minimum atomic E-state index is 0.569. The van der Waals surface area contributed by atoms with Gasteiger partial charge >= 0.3 is 0 Å². The number of furan rings is 1. The molecule has 0 aliphatic rings. The molecule has 0 atom stereocenters. The van der Waals surface area contributed by atoms with Gasteiger partial charge in [0, 0.05) is 38.4 Å². The zero-order valence-corrected chi connectivity index (χ0v) is 26.9. The van der Waals surface area contributed by atoms with Crippen molar-refractivity contribution in [2.75, 3.05) is 0 Å². The summed E-state index contributed by atoms with van der Waals surface area (Å²) >= 11 is 0. The highest BCUT2D eigenvalue weighted by molar-refractivity contribution is 6.11. The highest BCUT2D eigenvalue weighted by Gasteiger charge is 2.18. The van der Waals surface area contributed by atoms with E-state index in [1.165, 1.54) is 21.8 Å². The van der Waals surface area contributed by atoms with Crippen LogP contribution in [-0.4, -0.2) is 19.5 Å². The average molecular weight is 641 g/mol. The number of aromatic nitrogens is 4. The normalized spacial score (nSPS) is 11.6. The van der Waals surface area contributed by atoms with E-state index in [1.54, 1.807) is 0 Å². The fraction of sp³-hybridized carbons (Fsp3) is 0. The van der Waals surface area contributed by atoms with Crippen molar-refractivity contribution in [1.29, 1.82) is 0 Å². The Balaban J connectivity index is 1.13. The first-order valence-corrected chi connectivity index (χ1v) is 16.7. The molecule has 0 N–H and O–H groups in total. The standard InChI is InChI=1S/C45H28N4O/c1-3-13-29(14-4-1)43-46-44(48-45(47-43)37-22-12-21-36-35-20-8-10-24-41(35)50-42(36)37)32-16-11-15-30(27-32)31-25-26-40-38(28-31)34-19-7-9-23-39(34)49(40)33-17-5-2-6-18-33/h1-28H. The lowest BCUT2D eigenvalue weighted by Gasteiger charge is -2.10. The molecule has 0 spiro atoms. The van der Waals surface area contributed by atoms with Gasteiger partial charge in [0.25, 0.3) is 0 Å². The van der Waals surface area contributed by atoms with Crippen LogP contribution in [-0.2, 0) is 0 Å². The SMILES string of the molecule is c1ccc(-c2nc(-c3cccc(-c4ccc5c(c4)c4ccccc4n5-c4ccccc4)c3)nc(-c3cccc4c3oc3ccccc34)n2)cc1. The second kappa shape index (κ2) is 11.4. The first-order chi connectivity index (χ1) is 24.8. The molecule has 0 saturated heterocycles. The molecule has 50 heavy (non-hydrogen) atoms. The second-order valence-electron chi connectivity index (χ2n) is 12.5. The Kier molecular flexibility index (Phi) is 6.42. The number of para-hydroxylation sites is 4. The predicted octanol–water partition coefficient (Wildman–Crippen LogP) is 11.5. The zero-order valence-electron chi connectivity index (χ0n) is 26.9. The summed E-state index contributed by atoms with van der Waals surface area (Å²) in [5.74, 6) is 1.78. The van der Waals surface area contributed by atoms with Crippen molar-refractivity contribution >= 4 is 43.7 Å². The average Bonchev–Trinajstić information content (AvgIpc) is 3.74. The van der Waals surface area contributed by atoms with E-state index in [0.29, 0.717) is 17.5 Å². The molecule has 10 aromatic rings. The van der Waals surface area contributed by atoms with E-state index < -0.39 is 0 Å². The van der Waals surface area contributed by atoms with Crippen LogP contribution in [0.25, 0.3) is 94.7 Å². The maximum atomic E-state index is 6.40. The van der Waals surface area contributed by atoms with Crippen molar-refractivity contribution in [2.24, 2.45) is 0 Å². The van der Waals surface area contributed by atoms with E-state index in [9.17, 15) is 0 Å². The Bertz CT molecular complexity index is 2870. The Morgan fingerprint density at radius 2 is 0.980 bits per heavy atom. The molecule has 234 valence electrons. The largest absolute Gasteiger partial charge is 0.455 e. The molecule has 5 heteroatoms. The molecule has 10 rings (SSSR count). The Morgan fingerprint density at radius 3 is 1.84 bits per heavy atom. The first-order valence-electron chi connectivity index (χ1n) is 16.7. The summed E-state index contributed by atoms with van der Waals surface area (Å²) in [6, 6.07) is 58.7. The van der Waals surface area contributed by atoms with Crippen LogP contribution in [0.3, 0.4) is 0 Å². The van der Waals surface area contributed by atoms with Gasteiger partial charge in [-0.1, -0.05) is 121 Å². The number of benzene rings is 7. The third kappa shape index (κ3) is 4.60. The number of nitrogens with zero attached hydrogens (tertiary/aromatic N) is 4. The highest BCUT2D eigenvalue weighted by atomic mass is 16.3. The Labute approximate surface area is 287 Å². The molecule has 3 heterocycles. The van der Waals surface area contributed by atoms with Crippen molar-refractivity contribution in [1.82, 2.24) is 19.5 Å². The molecule has 3 aromatic heterocycles. The molecule has 5 nitrogen and oxygen atoms in total. The maximum absolute atomic E-state index is 6.40. The highest BCUT2D eigenvalue weighted by Crippen LogP contribution is 2.38. The van der Waals surface area contributed by atoms with Crippen LogP contribution >= 0.6 is 0 Å². The van der Waals surface area contributed by atoms with E-state index in [2.05, 4.69) is 114 Å². The van der Waals surface area contributed by atoms with E-state index >= 15 is 0 Å². The van der Waals surface area contributed by atoms with Gasteiger partial charge in [-0.2, -0.15) is 0 Å². The molecular formula is C45H28N4O. The van der Waals surface area contributed by atoms with Gasteiger partial charge in [-0.05, 0) is 59.7 Å². The van der Waals surface area contributed by atoms with Crippen LogP contribution in [0.15, 0.2) is 174 Å². The van der Waals surface area contributed by atoms with Gasteiger partial charge in [-0.25, -0.2) is 15.0 Å². The van der Waals surface area contributed by atoms with Gasteiger partial charge in [0.2, 0.25) is 0 Å². The van der Waals surface area contributed by atoms with Crippen molar-refractivity contribution < 1.29 is 4.42 Å². The summed E-state index contributed by atoms with van der Waals surface area (Å²) in [6.07, 6.45) is 0. The van der Waals surface area contributed by atoms with Crippen molar-refractivity contribution in [3.8, 4) is 51.0 Å². The quantitative estimate of drug-likeness (QED) is 0.188. The van der Waals surface area contributed by atoms with Crippen molar-refractivity contribution in [3.63, 3.8) is 0 Å². The van der Waals surface area contributed by atoms with E-state index in [1.807, 2.05) is 60.7 Å². The topological polar surface area (TPSA) is 56.7 Å². The van der Waals surface area contributed by atoms with Crippen LogP contribution in [0.2, 0.25) is 0 Å². The van der Waals surface area contributed by atoms with Crippen LogP contribution in [0.5, 0.6) is 0 Å². The third-order valence-electron chi connectivity index (χ3n) is 9.45. The lowest BCUT2D eigenvalue weighted by Crippen LogP contribution is -2.00. The van der Waals surface area contributed by atoms with Gasteiger partial charge in [-0.3, -0.25) is 0 Å². The smallest absolute Gasteiger partial charge is 0.167 e. The number of fused-ring (bicyclic) bond motifs is 6. The number of hydrogen-bond donors (Lipinski definition) is 0. The Hall–Kier alpha value is -6.85. The van der Waals surface area contributed by atoms with Gasteiger partial charge in [0.1, 0.15) is 11.2 Å². The summed E-state index contributed by atoms with van der Waals surface area (Å²) in [4.78, 5) is 15.1. The fourth-order valence-corrected chi connectivity index (χ4v) is 7.11. The third-order valence-corrected chi connectivity index (χ3v) is 9.45. The summed E-state index contributed by atoms with van der Waals surface area (Å²) in [5.41, 5.74) is 9.98. The molecule has 0 aliphatic carbocycles. The summed E-state index contributed by atoms with van der Waals surface area (Å²) < 4.78 is 8.74. The molecule has 0 bridgehead atoms. The van der Waals surface area contributed by atoms with Crippen LogP contribution in [0.4, 0.5) is 0 Å². The molecule has 0 aliphatic heterocycles. The minimum Gasteiger partial charge on any atom is -0.455 e. The van der Waals surface area contributed by atoms with Crippen molar-refractivity contribution in [2.45, 2.75) is 0 Å². The minimum absolute atomic E-state index is 0.569. The summed E-state index contributed by atoms with van der Waals surface area (Å²) in [5, 5.41) is 4.53. The van der Waals surface area contributed by atoms with E-state index in [4.69, 9.17) is 19.4 Å². The first kappa shape index (κ1) is 28.2. The Morgan fingerprint density at radius 1 is 0.380 bits per heavy atom. The number of hydrogen-bond acceptors (Lipinski definition) is 4. The van der Waals surface area contributed by atoms with Gasteiger partial charge < -0.3 is 8.98 Å². The molecule has 0 unspecified atom stereocenters. The zero-order chi connectivity index (χ0) is 33.0. The lowest BCUT2D eigenvalue weighted by atomic mass is 10.0. The van der Waals surface area contributed by atoms with Gasteiger partial charge in [0.15, 0.2) is 17.5 Å². The number of rotatable bonds is 5. The molecule has 0 radical (unpaired) electrons. The predicted molar refractivity (Wildman–Crippen MR) is 203 cm³/mol. The maximum Gasteiger partial charge on any atom is 0.167 e. The second-order valence-corrected chi connectivity index (χ2v) is 12.5. The van der Waals surface area contributed by atoms with Crippen molar-refractivity contribution in [3.05, 3.63) is 170 Å². The van der Waals surface area contributed by atoms with E-state index in [-0.39, 0.29) is 0 Å². The lowest BCUT2D eigenvalue weighted by molar-refractivity contribution is 0.669. The molecule has 0 saturated carbocycles. The molecule has 7 aromatic carbocycles. The molecule has 0 amide bonds. The summed E-state index contributed by atoms with van der Waals surface area (Å²) in [7, 11) is 0. The molecule has 0 fully saturated rings. The monoisotopic (exact) mass is 640 g/mol. The summed E-state index contributed by atoms with van der Waals surface area (Å²) in [6.45, 7) is 0. The van der Waals surface area contributed by atoms with Gasteiger partial charge in [0.05, 0.1) is 16.6 Å². The van der Waals surface area contributed by atoms with E-state index in [0.717, 1.165) is 55.4 Å². The van der Waals surface area contributed by atoms with Crippen LogP contribution in [0, 0.1) is 0 Å².